The van der Waals surface area contributed by atoms with Crippen molar-refractivity contribution in [2.45, 2.75) is 13.3 Å². The van der Waals surface area contributed by atoms with E-state index in [4.69, 9.17) is 10.6 Å². The van der Waals surface area contributed by atoms with Gasteiger partial charge in [-0.05, 0) is 31.1 Å². The van der Waals surface area contributed by atoms with Crippen LogP contribution in [0, 0.1) is 6.92 Å². The fourth-order valence-corrected chi connectivity index (χ4v) is 1.52. The first kappa shape index (κ1) is 12.3. The van der Waals surface area contributed by atoms with Crippen LogP contribution in [0.25, 0.3) is 0 Å². The van der Waals surface area contributed by atoms with E-state index < -0.39 is 5.83 Å². The van der Waals surface area contributed by atoms with E-state index in [0.29, 0.717) is 18.0 Å². The summed E-state index contributed by atoms with van der Waals surface area (Å²) in [5.74, 6) is 5.38. The molecule has 5 heteroatoms. The number of hydrogen-bond donors (Lipinski definition) is 2. The number of hydrogen-bond acceptors (Lipinski definition) is 4. The molecule has 1 aromatic heterocycles. The van der Waals surface area contributed by atoms with Gasteiger partial charge in [-0.1, -0.05) is 12.2 Å². The van der Waals surface area contributed by atoms with Crippen LogP contribution in [-0.4, -0.2) is 4.98 Å². The summed E-state index contributed by atoms with van der Waals surface area (Å²) < 4.78 is 19.0. The summed E-state index contributed by atoms with van der Waals surface area (Å²) in [5.41, 5.74) is 4.09. The highest BCUT2D eigenvalue weighted by Gasteiger charge is 2.08. The third-order valence-corrected chi connectivity index (χ3v) is 2.50. The van der Waals surface area contributed by atoms with Gasteiger partial charge in [-0.3, -0.25) is 5.84 Å². The van der Waals surface area contributed by atoms with Gasteiger partial charge in [0.1, 0.15) is 0 Å². The van der Waals surface area contributed by atoms with Crippen LogP contribution in [-0.2, 0) is 0 Å². The minimum absolute atomic E-state index is 0.157. The minimum Gasteiger partial charge on any atom is -0.436 e. The van der Waals surface area contributed by atoms with Crippen molar-refractivity contribution in [1.82, 2.24) is 4.98 Å². The molecule has 18 heavy (non-hydrogen) atoms. The van der Waals surface area contributed by atoms with Crippen LogP contribution < -0.4 is 16.0 Å². The molecule has 0 radical (unpaired) electrons. The molecule has 0 saturated heterocycles. The lowest BCUT2D eigenvalue weighted by atomic mass is 10.2. The SMILES string of the molecule is Cc1cc(OC2=C(F)C=CCC=C2)ncc1NN. The van der Waals surface area contributed by atoms with E-state index in [1.807, 2.05) is 13.0 Å². The molecular formula is C13H14FN3O. The van der Waals surface area contributed by atoms with Crippen molar-refractivity contribution in [1.29, 1.82) is 0 Å². The lowest BCUT2D eigenvalue weighted by molar-refractivity contribution is 0.404. The third kappa shape index (κ3) is 2.75. The summed E-state index contributed by atoms with van der Waals surface area (Å²) in [6.07, 6.45) is 8.75. The van der Waals surface area contributed by atoms with Crippen LogP contribution in [0.15, 0.2) is 48.2 Å². The van der Waals surface area contributed by atoms with E-state index in [2.05, 4.69) is 10.4 Å². The van der Waals surface area contributed by atoms with Gasteiger partial charge >= 0.3 is 0 Å². The molecule has 1 aliphatic carbocycles. The molecule has 3 N–H and O–H groups in total. The van der Waals surface area contributed by atoms with Crippen LogP contribution in [0.2, 0.25) is 0 Å². The molecule has 1 aliphatic rings. The van der Waals surface area contributed by atoms with E-state index in [1.165, 1.54) is 6.08 Å². The highest BCUT2D eigenvalue weighted by Crippen LogP contribution is 2.22. The van der Waals surface area contributed by atoms with Crippen molar-refractivity contribution < 1.29 is 9.13 Å². The highest BCUT2D eigenvalue weighted by molar-refractivity contribution is 5.49. The number of hydrazine groups is 1. The molecule has 0 bridgehead atoms. The zero-order chi connectivity index (χ0) is 13.0. The van der Waals surface area contributed by atoms with Gasteiger partial charge in [-0.25, -0.2) is 9.37 Å². The average molecular weight is 247 g/mol. The molecular weight excluding hydrogens is 233 g/mol. The normalized spacial score (nSPS) is 14.6. The Balaban J connectivity index is 2.24. The maximum Gasteiger partial charge on any atom is 0.219 e. The first-order chi connectivity index (χ1) is 8.70. The summed E-state index contributed by atoms with van der Waals surface area (Å²) in [4.78, 5) is 4.05. The fraction of sp³-hybridized carbons (Fsp3) is 0.154. The minimum atomic E-state index is -0.413. The molecule has 0 amide bonds. The van der Waals surface area contributed by atoms with Crippen molar-refractivity contribution in [3.05, 3.63) is 53.7 Å². The number of aryl methyl sites for hydroxylation is 1. The van der Waals surface area contributed by atoms with Crippen LogP contribution in [0.1, 0.15) is 12.0 Å². The molecule has 94 valence electrons. The number of nitrogens with two attached hydrogens (primary N) is 1. The summed E-state index contributed by atoms with van der Waals surface area (Å²) in [7, 11) is 0. The third-order valence-electron chi connectivity index (χ3n) is 2.50. The summed E-state index contributed by atoms with van der Waals surface area (Å²) in [6, 6.07) is 1.69. The summed E-state index contributed by atoms with van der Waals surface area (Å²) in [5, 5.41) is 0. The molecule has 0 unspecified atom stereocenters. The van der Waals surface area contributed by atoms with E-state index in [-0.39, 0.29) is 5.76 Å². The highest BCUT2D eigenvalue weighted by atomic mass is 19.1. The maximum absolute atomic E-state index is 13.6. The summed E-state index contributed by atoms with van der Waals surface area (Å²) in [6.45, 7) is 1.86. The number of aromatic nitrogens is 1. The van der Waals surface area contributed by atoms with Gasteiger partial charge in [-0.2, -0.15) is 0 Å². The van der Waals surface area contributed by atoms with E-state index in [9.17, 15) is 4.39 Å². The molecule has 0 aromatic carbocycles. The molecule has 0 atom stereocenters. The lowest BCUT2D eigenvalue weighted by Gasteiger charge is -2.09. The van der Waals surface area contributed by atoms with Crippen molar-refractivity contribution in [2.75, 3.05) is 5.43 Å². The molecule has 0 spiro atoms. The molecule has 0 fully saturated rings. The Labute approximate surface area is 105 Å². The average Bonchev–Trinajstić information content (AvgIpc) is 2.55. The topological polar surface area (TPSA) is 60.2 Å². The van der Waals surface area contributed by atoms with Crippen LogP contribution in [0.3, 0.4) is 0 Å². The van der Waals surface area contributed by atoms with Gasteiger partial charge in [0.25, 0.3) is 0 Å². The number of pyridine rings is 1. The predicted molar refractivity (Wildman–Crippen MR) is 68.4 cm³/mol. The van der Waals surface area contributed by atoms with Crippen LogP contribution >= 0.6 is 0 Å². The van der Waals surface area contributed by atoms with Crippen molar-refractivity contribution in [3.8, 4) is 5.88 Å². The van der Waals surface area contributed by atoms with Gasteiger partial charge in [-0.15, -0.1) is 0 Å². The Bertz CT molecular complexity index is 535. The Morgan fingerprint density at radius 2 is 2.17 bits per heavy atom. The zero-order valence-corrected chi connectivity index (χ0v) is 9.98. The predicted octanol–water partition coefficient (Wildman–Crippen LogP) is 2.75. The smallest absolute Gasteiger partial charge is 0.219 e. The Hall–Kier alpha value is -2.14. The lowest BCUT2D eigenvalue weighted by Crippen LogP contribution is -2.08. The zero-order valence-electron chi connectivity index (χ0n) is 9.98. The van der Waals surface area contributed by atoms with Crippen molar-refractivity contribution >= 4 is 5.69 Å². The number of anilines is 1. The Morgan fingerprint density at radius 3 is 2.89 bits per heavy atom. The maximum atomic E-state index is 13.6. The standard InChI is InChI=1S/C13H14FN3O/c1-9-7-13(16-8-11(9)17-15)18-12-6-4-2-3-5-10(12)14/h3-8,17H,2,15H2,1H3. The second kappa shape index (κ2) is 5.46. The van der Waals surface area contributed by atoms with Crippen molar-refractivity contribution in [2.24, 2.45) is 5.84 Å². The van der Waals surface area contributed by atoms with Gasteiger partial charge in [0.2, 0.25) is 5.88 Å². The van der Waals surface area contributed by atoms with Gasteiger partial charge in [0, 0.05) is 6.07 Å². The Kier molecular flexibility index (Phi) is 3.74. The number of nitrogens with one attached hydrogen (secondary N) is 1. The molecule has 0 saturated carbocycles. The number of allylic oxidation sites excluding steroid dienone is 5. The van der Waals surface area contributed by atoms with Gasteiger partial charge in [0.05, 0.1) is 11.9 Å². The number of ether oxygens (including phenoxy) is 1. The van der Waals surface area contributed by atoms with Crippen LogP contribution in [0.5, 0.6) is 5.88 Å². The molecule has 1 aromatic rings. The number of halogens is 1. The fourth-order valence-electron chi connectivity index (χ4n) is 1.52. The first-order valence-corrected chi connectivity index (χ1v) is 5.54. The number of nitrogen functional groups attached to an aromatic ring is 1. The largest absolute Gasteiger partial charge is 0.436 e. The first-order valence-electron chi connectivity index (χ1n) is 5.54. The molecule has 4 nitrogen and oxygen atoms in total. The second-order valence-electron chi connectivity index (χ2n) is 3.84. The van der Waals surface area contributed by atoms with E-state index >= 15 is 0 Å². The Morgan fingerprint density at radius 1 is 1.39 bits per heavy atom. The number of rotatable bonds is 3. The molecule has 1 heterocycles. The quantitative estimate of drug-likeness (QED) is 0.637. The monoisotopic (exact) mass is 247 g/mol. The van der Waals surface area contributed by atoms with E-state index in [0.717, 1.165) is 5.56 Å². The van der Waals surface area contributed by atoms with E-state index in [1.54, 1.807) is 24.4 Å². The van der Waals surface area contributed by atoms with Crippen LogP contribution in [0.4, 0.5) is 10.1 Å². The van der Waals surface area contributed by atoms with Gasteiger partial charge < -0.3 is 10.2 Å². The number of nitrogens with zero attached hydrogens (tertiary/aromatic N) is 1. The van der Waals surface area contributed by atoms with Gasteiger partial charge in [0.15, 0.2) is 11.6 Å². The molecule has 0 aliphatic heterocycles. The second-order valence-corrected chi connectivity index (χ2v) is 3.84. The summed E-state index contributed by atoms with van der Waals surface area (Å²) >= 11 is 0. The molecule has 2 rings (SSSR count). The van der Waals surface area contributed by atoms with Crippen molar-refractivity contribution in [3.63, 3.8) is 0 Å².